The zero-order chi connectivity index (χ0) is 13.0. The number of halogens is 1. The van der Waals surface area contributed by atoms with E-state index in [9.17, 15) is 4.79 Å². The van der Waals surface area contributed by atoms with Crippen molar-refractivity contribution in [1.82, 2.24) is 10.2 Å². The lowest BCUT2D eigenvalue weighted by atomic mass is 10.0. The Morgan fingerprint density at radius 3 is 2.78 bits per heavy atom. The van der Waals surface area contributed by atoms with Crippen LogP contribution in [0.15, 0.2) is 24.3 Å². The molecule has 1 unspecified atom stereocenters. The zero-order valence-corrected chi connectivity index (χ0v) is 11.4. The molecule has 18 heavy (non-hydrogen) atoms. The van der Waals surface area contributed by atoms with Gasteiger partial charge in [-0.1, -0.05) is 23.7 Å². The van der Waals surface area contributed by atoms with E-state index in [-0.39, 0.29) is 6.03 Å². The van der Waals surface area contributed by atoms with E-state index >= 15 is 0 Å². The van der Waals surface area contributed by atoms with Crippen LogP contribution in [0.5, 0.6) is 0 Å². The van der Waals surface area contributed by atoms with Crippen molar-refractivity contribution in [1.29, 1.82) is 0 Å². The third-order valence-electron chi connectivity index (χ3n) is 3.42. The first-order valence-corrected chi connectivity index (χ1v) is 6.83. The molecule has 1 heterocycles. The molecular weight excluding hydrogens is 248 g/mol. The first-order valence-electron chi connectivity index (χ1n) is 6.46. The molecule has 1 aliphatic heterocycles. The summed E-state index contributed by atoms with van der Waals surface area (Å²) in [5.74, 6) is 0. The Morgan fingerprint density at radius 2 is 2.11 bits per heavy atom. The van der Waals surface area contributed by atoms with Crippen LogP contribution >= 0.6 is 11.6 Å². The summed E-state index contributed by atoms with van der Waals surface area (Å²) in [6.45, 7) is 3.54. The summed E-state index contributed by atoms with van der Waals surface area (Å²) in [7, 11) is 0. The zero-order valence-electron chi connectivity index (χ0n) is 10.7. The average molecular weight is 267 g/mol. The predicted molar refractivity (Wildman–Crippen MR) is 73.7 cm³/mol. The van der Waals surface area contributed by atoms with Gasteiger partial charge < -0.3 is 10.2 Å². The van der Waals surface area contributed by atoms with Gasteiger partial charge in [0, 0.05) is 24.2 Å². The molecule has 1 atom stereocenters. The van der Waals surface area contributed by atoms with Gasteiger partial charge in [0.2, 0.25) is 0 Å². The second-order valence-corrected chi connectivity index (χ2v) is 5.26. The lowest BCUT2D eigenvalue weighted by Crippen LogP contribution is -2.47. The number of piperidine rings is 1. The Labute approximate surface area is 113 Å². The van der Waals surface area contributed by atoms with E-state index in [0.717, 1.165) is 30.0 Å². The highest BCUT2D eigenvalue weighted by Gasteiger charge is 2.22. The summed E-state index contributed by atoms with van der Waals surface area (Å²) in [4.78, 5) is 14.0. The molecule has 0 radical (unpaired) electrons. The van der Waals surface area contributed by atoms with Crippen LogP contribution in [-0.4, -0.2) is 23.5 Å². The van der Waals surface area contributed by atoms with Gasteiger partial charge in [-0.3, -0.25) is 0 Å². The van der Waals surface area contributed by atoms with Crippen molar-refractivity contribution < 1.29 is 4.79 Å². The van der Waals surface area contributed by atoms with Crippen molar-refractivity contribution in [2.24, 2.45) is 0 Å². The van der Waals surface area contributed by atoms with Gasteiger partial charge >= 0.3 is 6.03 Å². The van der Waals surface area contributed by atoms with E-state index < -0.39 is 0 Å². The molecule has 0 aromatic heterocycles. The molecule has 3 nitrogen and oxygen atoms in total. The van der Waals surface area contributed by atoms with Crippen molar-refractivity contribution >= 4 is 17.6 Å². The molecule has 1 aromatic carbocycles. The van der Waals surface area contributed by atoms with Crippen LogP contribution in [0.4, 0.5) is 4.79 Å². The quantitative estimate of drug-likeness (QED) is 0.874. The van der Waals surface area contributed by atoms with Crippen LogP contribution in [0.1, 0.15) is 31.7 Å². The Morgan fingerprint density at radius 1 is 1.39 bits per heavy atom. The van der Waals surface area contributed by atoms with Gasteiger partial charge in [-0.05, 0) is 43.9 Å². The third-order valence-corrected chi connectivity index (χ3v) is 3.67. The average Bonchev–Trinajstić information content (AvgIpc) is 2.38. The molecule has 98 valence electrons. The number of nitrogens with zero attached hydrogens (tertiary/aromatic N) is 1. The topological polar surface area (TPSA) is 32.3 Å². The van der Waals surface area contributed by atoms with Gasteiger partial charge in [-0.15, -0.1) is 0 Å². The molecule has 4 heteroatoms. The normalized spacial score (nSPS) is 19.7. The molecule has 0 saturated carbocycles. The van der Waals surface area contributed by atoms with Crippen molar-refractivity contribution in [3.8, 4) is 0 Å². The molecule has 2 rings (SSSR count). The number of rotatable bonds is 2. The SMILES string of the molecule is CC1CCCCN1C(=O)NCc1ccc(Cl)cc1. The summed E-state index contributed by atoms with van der Waals surface area (Å²) in [6, 6.07) is 7.94. The highest BCUT2D eigenvalue weighted by atomic mass is 35.5. The molecule has 1 fully saturated rings. The van der Waals surface area contributed by atoms with E-state index in [1.54, 1.807) is 0 Å². The van der Waals surface area contributed by atoms with Gasteiger partial charge in [0.25, 0.3) is 0 Å². The van der Waals surface area contributed by atoms with Gasteiger partial charge in [0.05, 0.1) is 0 Å². The smallest absolute Gasteiger partial charge is 0.317 e. The first kappa shape index (κ1) is 13.2. The van der Waals surface area contributed by atoms with Crippen LogP contribution in [0.2, 0.25) is 5.02 Å². The van der Waals surface area contributed by atoms with E-state index in [4.69, 9.17) is 11.6 Å². The van der Waals surface area contributed by atoms with Gasteiger partial charge in [-0.2, -0.15) is 0 Å². The maximum absolute atomic E-state index is 12.0. The molecule has 0 aliphatic carbocycles. The second-order valence-electron chi connectivity index (χ2n) is 4.82. The Balaban J connectivity index is 1.85. The largest absolute Gasteiger partial charge is 0.334 e. The number of urea groups is 1. The fourth-order valence-corrected chi connectivity index (χ4v) is 2.41. The highest BCUT2D eigenvalue weighted by molar-refractivity contribution is 6.30. The molecule has 1 aromatic rings. The number of amides is 2. The Kier molecular flexibility index (Phi) is 4.48. The highest BCUT2D eigenvalue weighted by Crippen LogP contribution is 2.16. The lowest BCUT2D eigenvalue weighted by Gasteiger charge is -2.33. The predicted octanol–water partition coefficient (Wildman–Crippen LogP) is 3.42. The molecule has 1 aliphatic rings. The van der Waals surface area contributed by atoms with Crippen molar-refractivity contribution in [3.63, 3.8) is 0 Å². The van der Waals surface area contributed by atoms with E-state index in [0.29, 0.717) is 12.6 Å². The minimum absolute atomic E-state index is 0.0390. The maximum Gasteiger partial charge on any atom is 0.317 e. The summed E-state index contributed by atoms with van der Waals surface area (Å²) >= 11 is 5.82. The van der Waals surface area contributed by atoms with Gasteiger partial charge in [0.1, 0.15) is 0 Å². The van der Waals surface area contributed by atoms with Crippen LogP contribution in [-0.2, 0) is 6.54 Å². The summed E-state index contributed by atoms with van der Waals surface area (Å²) in [6.07, 6.45) is 3.44. The fraction of sp³-hybridized carbons (Fsp3) is 0.500. The number of likely N-dealkylation sites (tertiary alicyclic amines) is 1. The first-order chi connectivity index (χ1) is 8.66. The third kappa shape index (κ3) is 3.39. The molecule has 0 bridgehead atoms. The van der Waals surface area contributed by atoms with Crippen molar-refractivity contribution in [3.05, 3.63) is 34.9 Å². The summed E-state index contributed by atoms with van der Waals surface area (Å²) in [5, 5.41) is 3.68. The molecular formula is C14H19ClN2O. The van der Waals surface area contributed by atoms with Gasteiger partial charge in [0.15, 0.2) is 0 Å². The summed E-state index contributed by atoms with van der Waals surface area (Å²) in [5.41, 5.74) is 1.07. The van der Waals surface area contributed by atoms with Crippen molar-refractivity contribution in [2.75, 3.05) is 6.54 Å². The second kappa shape index (κ2) is 6.10. The van der Waals surface area contributed by atoms with Crippen molar-refractivity contribution in [2.45, 2.75) is 38.8 Å². The number of benzene rings is 1. The Hall–Kier alpha value is -1.22. The van der Waals surface area contributed by atoms with Gasteiger partial charge in [-0.25, -0.2) is 4.79 Å². The monoisotopic (exact) mass is 266 g/mol. The fourth-order valence-electron chi connectivity index (χ4n) is 2.28. The number of nitrogens with one attached hydrogen (secondary N) is 1. The number of hydrogen-bond acceptors (Lipinski definition) is 1. The standard InChI is InChI=1S/C14H19ClN2O/c1-11-4-2-3-9-17(11)14(18)16-10-12-5-7-13(15)8-6-12/h5-8,11H,2-4,9-10H2,1H3,(H,16,18). The van der Waals surface area contributed by atoms with Crippen LogP contribution in [0.25, 0.3) is 0 Å². The Bertz CT molecular complexity index is 405. The minimum Gasteiger partial charge on any atom is -0.334 e. The number of hydrogen-bond donors (Lipinski definition) is 1. The molecule has 2 amide bonds. The van der Waals surface area contributed by atoms with Crippen LogP contribution in [0, 0.1) is 0 Å². The number of carbonyl (C=O) groups is 1. The molecule has 1 N–H and O–H groups in total. The number of carbonyl (C=O) groups excluding carboxylic acids is 1. The maximum atomic E-state index is 12.0. The summed E-state index contributed by atoms with van der Waals surface area (Å²) < 4.78 is 0. The van der Waals surface area contributed by atoms with Crippen LogP contribution in [0.3, 0.4) is 0 Å². The molecule has 0 spiro atoms. The van der Waals surface area contributed by atoms with E-state index in [1.165, 1.54) is 6.42 Å². The molecule has 1 saturated heterocycles. The minimum atomic E-state index is 0.0390. The van der Waals surface area contributed by atoms with E-state index in [1.807, 2.05) is 29.2 Å². The van der Waals surface area contributed by atoms with Crippen LogP contribution < -0.4 is 5.32 Å². The lowest BCUT2D eigenvalue weighted by molar-refractivity contribution is 0.158. The van der Waals surface area contributed by atoms with E-state index in [2.05, 4.69) is 12.2 Å².